The van der Waals surface area contributed by atoms with Gasteiger partial charge in [0.25, 0.3) is 0 Å². The molecule has 7 N–H and O–H groups in total. The lowest BCUT2D eigenvalue weighted by atomic mass is 9.98. The molecule has 72 heavy (non-hydrogen) atoms. The summed E-state index contributed by atoms with van der Waals surface area (Å²) in [6.07, 6.45) is 29.4. The number of hydrogen-bond donors (Lipinski definition) is 7. The fourth-order valence-corrected chi connectivity index (χ4v) is 9.45. The number of hydrogen-bond acceptors (Lipinski definition) is 15. The molecular weight excluding hydrogens is 925 g/mol. The molecule has 0 amide bonds. The normalized spacial score (nSPS) is 25.0. The third kappa shape index (κ3) is 31.3. The van der Waals surface area contributed by atoms with Gasteiger partial charge in [0.1, 0.15) is 55.4 Å². The fourth-order valence-electron chi connectivity index (χ4n) is 9.45. The Hall–Kier alpha value is -1.76. The van der Waals surface area contributed by atoms with Gasteiger partial charge in [-0.1, -0.05) is 206 Å². The Morgan fingerprint density at radius 1 is 0.431 bits per heavy atom. The number of allylic oxidation sites excluding steroid dienone is 2. The minimum Gasteiger partial charge on any atom is -0.462 e. The molecule has 15 heteroatoms. The number of esters is 2. The largest absolute Gasteiger partial charge is 0.462 e. The summed E-state index contributed by atoms with van der Waals surface area (Å²) in [6.45, 7) is 2.64. The molecule has 15 nitrogen and oxygen atoms in total. The van der Waals surface area contributed by atoms with E-state index >= 15 is 0 Å². The van der Waals surface area contributed by atoms with Crippen molar-refractivity contribution in [3.05, 3.63) is 12.2 Å². The van der Waals surface area contributed by atoms with Gasteiger partial charge < -0.3 is 64.2 Å². The van der Waals surface area contributed by atoms with Crippen molar-refractivity contribution in [3.63, 3.8) is 0 Å². The first kappa shape index (κ1) is 66.4. The monoisotopic (exact) mass is 1030 g/mol. The van der Waals surface area contributed by atoms with Crippen molar-refractivity contribution < 1.29 is 73.8 Å². The van der Waals surface area contributed by atoms with Crippen LogP contribution in [0.25, 0.3) is 0 Å². The molecule has 2 rings (SSSR count). The topological polar surface area (TPSA) is 231 Å². The van der Waals surface area contributed by atoms with E-state index < -0.39 is 92.7 Å². The van der Waals surface area contributed by atoms with Crippen LogP contribution in [-0.2, 0) is 38.0 Å². The first-order valence-electron chi connectivity index (χ1n) is 29.3. The number of unbranched alkanes of at least 4 members (excludes halogenated alkanes) is 31. The van der Waals surface area contributed by atoms with Crippen LogP contribution in [0, 0.1) is 0 Å². The molecule has 0 aromatic carbocycles. The summed E-state index contributed by atoms with van der Waals surface area (Å²) in [6, 6.07) is 0. The molecule has 11 unspecified atom stereocenters. The highest BCUT2D eigenvalue weighted by Gasteiger charge is 2.47. The minimum absolute atomic E-state index is 0.168. The molecule has 0 saturated carbocycles. The highest BCUT2D eigenvalue weighted by molar-refractivity contribution is 5.70. The van der Waals surface area contributed by atoms with Crippen molar-refractivity contribution in [2.24, 2.45) is 0 Å². The fraction of sp³-hybridized carbons (Fsp3) is 0.930. The molecule has 0 bridgehead atoms. The maximum absolute atomic E-state index is 13.1. The van der Waals surface area contributed by atoms with Gasteiger partial charge in [-0.3, -0.25) is 9.59 Å². The first-order chi connectivity index (χ1) is 35.0. The third-order valence-electron chi connectivity index (χ3n) is 14.2. The molecule has 2 aliphatic heterocycles. The molecule has 2 heterocycles. The van der Waals surface area contributed by atoms with Gasteiger partial charge in [0.05, 0.1) is 19.8 Å². The smallest absolute Gasteiger partial charge is 0.306 e. The number of carbonyl (C=O) groups is 2. The number of rotatable bonds is 47. The average molecular weight is 1030 g/mol. The van der Waals surface area contributed by atoms with E-state index in [-0.39, 0.29) is 26.1 Å². The van der Waals surface area contributed by atoms with Crippen molar-refractivity contribution in [1.29, 1.82) is 0 Å². The van der Waals surface area contributed by atoms with Crippen LogP contribution in [0.15, 0.2) is 12.2 Å². The van der Waals surface area contributed by atoms with E-state index in [1.807, 2.05) is 0 Å². The average Bonchev–Trinajstić information content (AvgIpc) is 3.37. The Kier molecular flexibility index (Phi) is 40.9. The molecule has 0 aliphatic carbocycles. The van der Waals surface area contributed by atoms with Gasteiger partial charge in [-0.15, -0.1) is 0 Å². The zero-order valence-corrected chi connectivity index (χ0v) is 45.2. The van der Waals surface area contributed by atoms with E-state index in [1.54, 1.807) is 0 Å². The molecule has 0 radical (unpaired) electrons. The van der Waals surface area contributed by atoms with E-state index in [4.69, 9.17) is 28.4 Å². The molecule has 0 aromatic heterocycles. The molecule has 11 atom stereocenters. The van der Waals surface area contributed by atoms with Crippen molar-refractivity contribution in [3.8, 4) is 0 Å². The Bertz CT molecular complexity index is 1300. The predicted octanol–water partition coefficient (Wildman–Crippen LogP) is 9.72. The zero-order chi connectivity index (χ0) is 52.4. The lowest BCUT2D eigenvalue weighted by Crippen LogP contribution is -2.61. The second kappa shape index (κ2) is 44.4. The van der Waals surface area contributed by atoms with Gasteiger partial charge in [0.2, 0.25) is 0 Å². The highest BCUT2D eigenvalue weighted by atomic mass is 16.7. The van der Waals surface area contributed by atoms with E-state index in [0.717, 1.165) is 44.9 Å². The van der Waals surface area contributed by atoms with Gasteiger partial charge in [0.15, 0.2) is 18.7 Å². The summed E-state index contributed by atoms with van der Waals surface area (Å²) in [5, 5.41) is 72.3. The van der Waals surface area contributed by atoms with Gasteiger partial charge in [-0.2, -0.15) is 0 Å². The highest BCUT2D eigenvalue weighted by Crippen LogP contribution is 2.27. The van der Waals surface area contributed by atoms with Crippen LogP contribution in [0.4, 0.5) is 0 Å². The summed E-state index contributed by atoms with van der Waals surface area (Å²) >= 11 is 0. The summed E-state index contributed by atoms with van der Waals surface area (Å²) in [5.74, 6) is -0.911. The third-order valence-corrected chi connectivity index (χ3v) is 14.2. The zero-order valence-electron chi connectivity index (χ0n) is 45.2. The van der Waals surface area contributed by atoms with Gasteiger partial charge in [-0.25, -0.2) is 0 Å². The predicted molar refractivity (Wildman–Crippen MR) is 280 cm³/mol. The van der Waals surface area contributed by atoms with Crippen LogP contribution in [0.2, 0.25) is 0 Å². The van der Waals surface area contributed by atoms with Gasteiger partial charge >= 0.3 is 11.9 Å². The van der Waals surface area contributed by atoms with E-state index in [9.17, 15) is 45.3 Å². The van der Waals surface area contributed by atoms with Gasteiger partial charge in [0, 0.05) is 12.8 Å². The lowest BCUT2D eigenvalue weighted by Gasteiger charge is -2.42. The Morgan fingerprint density at radius 3 is 1.22 bits per heavy atom. The number of carbonyl (C=O) groups excluding carboxylic acids is 2. The molecule has 424 valence electrons. The Labute approximate surface area is 435 Å². The van der Waals surface area contributed by atoms with Crippen molar-refractivity contribution in [1.82, 2.24) is 0 Å². The Morgan fingerprint density at radius 2 is 0.792 bits per heavy atom. The first-order valence-corrected chi connectivity index (χ1v) is 29.3. The van der Waals surface area contributed by atoms with Crippen LogP contribution in [-0.4, -0.2) is 142 Å². The number of aliphatic hydroxyl groups excluding tert-OH is 7. The molecule has 2 fully saturated rings. The second-order valence-corrected chi connectivity index (χ2v) is 20.8. The molecular formula is C57H106O15. The van der Waals surface area contributed by atoms with Crippen LogP contribution in [0.5, 0.6) is 0 Å². The maximum Gasteiger partial charge on any atom is 0.306 e. The summed E-state index contributed by atoms with van der Waals surface area (Å²) in [7, 11) is 0. The van der Waals surface area contributed by atoms with Gasteiger partial charge in [-0.05, 0) is 38.5 Å². The molecule has 2 aliphatic rings. The van der Waals surface area contributed by atoms with Crippen molar-refractivity contribution in [2.75, 3.05) is 26.4 Å². The summed E-state index contributed by atoms with van der Waals surface area (Å²) in [5.41, 5.74) is 0. The van der Waals surface area contributed by atoms with Crippen LogP contribution >= 0.6 is 0 Å². The summed E-state index contributed by atoms with van der Waals surface area (Å²) in [4.78, 5) is 25.9. The second-order valence-electron chi connectivity index (χ2n) is 20.8. The molecule has 0 aromatic rings. The number of ether oxygens (including phenoxy) is 6. The van der Waals surface area contributed by atoms with Crippen LogP contribution in [0.3, 0.4) is 0 Å². The Balaban J connectivity index is 1.75. The SMILES string of the molecule is CCCCCCCC/C=C\CCCCCCCCCCCC(=O)OC(COC(=O)CCCCCCCCCCCCCCCCCCC)COC1OC(COC2OC(CO)C(O)C(O)C2O)C(O)C(O)C1O. The van der Waals surface area contributed by atoms with Crippen molar-refractivity contribution in [2.45, 2.75) is 313 Å². The maximum atomic E-state index is 13.1. The summed E-state index contributed by atoms with van der Waals surface area (Å²) < 4.78 is 33.7. The quantitative estimate of drug-likeness (QED) is 0.0171. The molecule has 0 spiro atoms. The minimum atomic E-state index is -1.76. The van der Waals surface area contributed by atoms with Crippen molar-refractivity contribution >= 4 is 11.9 Å². The van der Waals surface area contributed by atoms with Crippen LogP contribution < -0.4 is 0 Å². The van der Waals surface area contributed by atoms with E-state index in [0.29, 0.717) is 12.8 Å². The number of aliphatic hydroxyl groups is 7. The standard InChI is InChI=1S/C57H106O15/c1-3-5-7-9-11-13-15-17-19-21-22-24-26-28-30-32-34-36-38-40-49(60)70-45(42-67-48(59)39-37-35-33-31-29-27-25-23-20-18-16-14-12-10-8-6-4-2)43-68-56-55(66)53(64)51(62)47(72-56)44-69-57-54(65)52(63)50(61)46(41-58)71-57/h17,19,45-47,50-58,61-66H,3-16,18,20-44H2,1-2H3/b19-17-. The molecule has 2 saturated heterocycles. The van der Waals surface area contributed by atoms with E-state index in [2.05, 4.69) is 26.0 Å². The van der Waals surface area contributed by atoms with Crippen LogP contribution in [0.1, 0.15) is 245 Å². The lowest BCUT2D eigenvalue weighted by molar-refractivity contribution is -0.332. The van der Waals surface area contributed by atoms with E-state index in [1.165, 1.54) is 161 Å².